The van der Waals surface area contributed by atoms with Gasteiger partial charge in [0.1, 0.15) is 17.6 Å². The van der Waals surface area contributed by atoms with Crippen molar-refractivity contribution >= 4 is 28.0 Å². The first-order valence-corrected chi connectivity index (χ1v) is 8.67. The van der Waals surface area contributed by atoms with Crippen LogP contribution in [0.1, 0.15) is 20.3 Å². The van der Waals surface area contributed by atoms with Gasteiger partial charge in [-0.1, -0.05) is 26.0 Å². The number of aromatic nitrogens is 2. The molecule has 6 heteroatoms. The summed E-state index contributed by atoms with van der Waals surface area (Å²) < 4.78 is 7.01. The molecule has 0 saturated carbocycles. The van der Waals surface area contributed by atoms with Crippen molar-refractivity contribution < 1.29 is 9.21 Å². The van der Waals surface area contributed by atoms with Gasteiger partial charge in [0.25, 0.3) is 5.56 Å². The third-order valence-electron chi connectivity index (χ3n) is 4.88. The summed E-state index contributed by atoms with van der Waals surface area (Å²) in [6.07, 6.45) is 2.58. The first kappa shape index (κ1) is 15.9. The molecule has 0 aliphatic carbocycles. The number of piperidine rings is 1. The molecular weight excluding hydrogens is 318 g/mol. The van der Waals surface area contributed by atoms with Crippen LogP contribution >= 0.6 is 0 Å². The quantitative estimate of drug-likeness (QED) is 0.720. The van der Waals surface area contributed by atoms with Crippen LogP contribution in [0.3, 0.4) is 0 Å². The zero-order valence-corrected chi connectivity index (χ0v) is 14.4. The van der Waals surface area contributed by atoms with Crippen LogP contribution in [-0.4, -0.2) is 33.4 Å². The summed E-state index contributed by atoms with van der Waals surface area (Å²) in [5.41, 5.74) is 1.07. The van der Waals surface area contributed by atoms with Gasteiger partial charge in [0.15, 0.2) is 0 Å². The molecule has 1 aliphatic rings. The highest BCUT2D eigenvalue weighted by Crippen LogP contribution is 2.24. The maximum atomic E-state index is 12.7. The summed E-state index contributed by atoms with van der Waals surface area (Å²) in [5, 5.41) is 0.812. The number of rotatable bonds is 2. The van der Waals surface area contributed by atoms with E-state index in [2.05, 4.69) is 18.8 Å². The molecule has 3 heterocycles. The highest BCUT2D eigenvalue weighted by molar-refractivity contribution is 6.01. The summed E-state index contributed by atoms with van der Waals surface area (Å²) in [6, 6.07) is 7.42. The number of benzene rings is 1. The molecule has 0 N–H and O–H groups in total. The lowest BCUT2D eigenvalue weighted by Crippen LogP contribution is -2.44. The molecule has 130 valence electrons. The predicted molar refractivity (Wildman–Crippen MR) is 95.3 cm³/mol. The van der Waals surface area contributed by atoms with Crippen molar-refractivity contribution in [3.63, 3.8) is 0 Å². The van der Waals surface area contributed by atoms with Crippen molar-refractivity contribution in [2.45, 2.75) is 26.8 Å². The minimum Gasteiger partial charge on any atom is -0.448 e. The Morgan fingerprint density at radius 1 is 1.24 bits per heavy atom. The first-order chi connectivity index (χ1) is 12.0. The maximum absolute atomic E-state index is 12.7. The lowest BCUT2D eigenvalue weighted by molar-refractivity contribution is -0.134. The van der Waals surface area contributed by atoms with Gasteiger partial charge in [-0.05, 0) is 30.4 Å². The van der Waals surface area contributed by atoms with Crippen molar-refractivity contribution in [2.75, 3.05) is 13.1 Å². The van der Waals surface area contributed by atoms with Crippen LogP contribution in [0.5, 0.6) is 0 Å². The number of furan rings is 1. The second-order valence-corrected chi connectivity index (χ2v) is 7.20. The molecule has 1 aliphatic heterocycles. The van der Waals surface area contributed by atoms with Crippen molar-refractivity contribution in [1.82, 2.24) is 14.5 Å². The average molecular weight is 339 g/mol. The normalized spacial score (nSPS) is 21.1. The van der Waals surface area contributed by atoms with Crippen molar-refractivity contribution in [3.8, 4) is 0 Å². The van der Waals surface area contributed by atoms with E-state index < -0.39 is 0 Å². The van der Waals surface area contributed by atoms with Crippen LogP contribution in [0.25, 0.3) is 22.1 Å². The molecule has 25 heavy (non-hydrogen) atoms. The number of fused-ring (bicyclic) bond motifs is 3. The molecule has 1 amide bonds. The molecule has 2 atom stereocenters. The summed E-state index contributed by atoms with van der Waals surface area (Å²) >= 11 is 0. The summed E-state index contributed by atoms with van der Waals surface area (Å²) in [6.45, 7) is 5.81. The second kappa shape index (κ2) is 6.02. The van der Waals surface area contributed by atoms with E-state index >= 15 is 0 Å². The van der Waals surface area contributed by atoms with Crippen LogP contribution < -0.4 is 5.56 Å². The van der Waals surface area contributed by atoms with Crippen molar-refractivity contribution in [3.05, 3.63) is 40.9 Å². The van der Waals surface area contributed by atoms with E-state index in [-0.39, 0.29) is 23.6 Å². The molecule has 0 radical (unpaired) electrons. The van der Waals surface area contributed by atoms with Crippen LogP contribution in [0.4, 0.5) is 0 Å². The highest BCUT2D eigenvalue weighted by Gasteiger charge is 2.26. The number of likely N-dealkylation sites (tertiary alicyclic amines) is 1. The fourth-order valence-corrected chi connectivity index (χ4v) is 3.84. The van der Waals surface area contributed by atoms with Gasteiger partial charge in [0.05, 0.1) is 6.33 Å². The Bertz CT molecular complexity index is 994. The standard InChI is InChI=1S/C19H21N3O3/c1-12-7-13(2)9-21(8-12)16(23)10-22-11-20-17-14-5-3-4-6-15(14)25-18(17)19(22)24/h3-6,11-13H,7-10H2,1-2H3/t12-,13-/m1/s1. The molecule has 6 nitrogen and oxygen atoms in total. The molecule has 1 fully saturated rings. The highest BCUT2D eigenvalue weighted by atomic mass is 16.3. The Balaban J connectivity index is 1.65. The van der Waals surface area contributed by atoms with E-state index in [9.17, 15) is 9.59 Å². The fourth-order valence-electron chi connectivity index (χ4n) is 3.84. The summed E-state index contributed by atoms with van der Waals surface area (Å²) in [5.74, 6) is 0.929. The number of hydrogen-bond acceptors (Lipinski definition) is 4. The summed E-state index contributed by atoms with van der Waals surface area (Å²) in [4.78, 5) is 31.5. The monoisotopic (exact) mass is 339 g/mol. The van der Waals surface area contributed by atoms with Crippen LogP contribution in [0, 0.1) is 11.8 Å². The van der Waals surface area contributed by atoms with E-state index in [1.807, 2.05) is 29.2 Å². The molecule has 4 rings (SSSR count). The first-order valence-electron chi connectivity index (χ1n) is 8.67. The van der Waals surface area contributed by atoms with Gasteiger partial charge >= 0.3 is 0 Å². The van der Waals surface area contributed by atoms with Gasteiger partial charge in [-0.15, -0.1) is 0 Å². The zero-order valence-electron chi connectivity index (χ0n) is 14.4. The van der Waals surface area contributed by atoms with E-state index in [0.717, 1.165) is 24.9 Å². The zero-order chi connectivity index (χ0) is 17.6. The minimum absolute atomic E-state index is 0.00173. The predicted octanol–water partition coefficient (Wildman–Crippen LogP) is 2.65. The third kappa shape index (κ3) is 2.81. The van der Waals surface area contributed by atoms with Gasteiger partial charge in [-0.3, -0.25) is 14.2 Å². The largest absolute Gasteiger partial charge is 0.448 e. The summed E-state index contributed by atoms with van der Waals surface area (Å²) in [7, 11) is 0. The Kier molecular flexibility index (Phi) is 3.82. The second-order valence-electron chi connectivity index (χ2n) is 7.20. The molecule has 0 bridgehead atoms. The molecule has 0 spiro atoms. The average Bonchev–Trinajstić information content (AvgIpc) is 2.96. The number of hydrogen-bond donors (Lipinski definition) is 0. The Morgan fingerprint density at radius 3 is 2.72 bits per heavy atom. The maximum Gasteiger partial charge on any atom is 0.297 e. The topological polar surface area (TPSA) is 68.3 Å². The molecule has 2 aromatic heterocycles. The number of carbonyl (C=O) groups excluding carboxylic acids is 1. The molecule has 0 unspecified atom stereocenters. The van der Waals surface area contributed by atoms with Gasteiger partial charge in [-0.25, -0.2) is 4.98 Å². The van der Waals surface area contributed by atoms with Gasteiger partial charge in [-0.2, -0.15) is 0 Å². The van der Waals surface area contributed by atoms with Crippen LogP contribution in [-0.2, 0) is 11.3 Å². The van der Waals surface area contributed by atoms with Crippen LogP contribution in [0.15, 0.2) is 39.8 Å². The molecular formula is C19H21N3O3. The number of amides is 1. The Morgan fingerprint density at radius 2 is 1.96 bits per heavy atom. The Hall–Kier alpha value is -2.63. The van der Waals surface area contributed by atoms with Crippen LogP contribution in [0.2, 0.25) is 0 Å². The lowest BCUT2D eigenvalue weighted by Gasteiger charge is -2.35. The van der Waals surface area contributed by atoms with E-state index in [1.165, 1.54) is 10.9 Å². The molecule has 1 saturated heterocycles. The smallest absolute Gasteiger partial charge is 0.297 e. The van der Waals surface area contributed by atoms with E-state index in [4.69, 9.17) is 4.42 Å². The number of nitrogens with zero attached hydrogens (tertiary/aromatic N) is 3. The number of para-hydroxylation sites is 1. The molecule has 1 aromatic carbocycles. The fraction of sp³-hybridized carbons (Fsp3) is 0.421. The van der Waals surface area contributed by atoms with Crippen molar-refractivity contribution in [1.29, 1.82) is 0 Å². The van der Waals surface area contributed by atoms with Gasteiger partial charge < -0.3 is 9.32 Å². The Labute approximate surface area is 145 Å². The SMILES string of the molecule is C[C@@H]1C[C@@H](C)CN(C(=O)Cn2cnc3c(oc4ccccc43)c2=O)C1. The third-order valence-corrected chi connectivity index (χ3v) is 4.88. The van der Waals surface area contributed by atoms with Gasteiger partial charge in [0.2, 0.25) is 11.5 Å². The van der Waals surface area contributed by atoms with Crippen molar-refractivity contribution in [2.24, 2.45) is 11.8 Å². The van der Waals surface area contributed by atoms with E-state index in [0.29, 0.717) is 22.9 Å². The van der Waals surface area contributed by atoms with Gasteiger partial charge in [0, 0.05) is 18.5 Å². The van der Waals surface area contributed by atoms with E-state index in [1.54, 1.807) is 0 Å². The minimum atomic E-state index is -0.312. The molecule has 3 aromatic rings. The lowest BCUT2D eigenvalue weighted by atomic mass is 9.92. The number of carbonyl (C=O) groups is 1.